The molecule has 7 heteroatoms. The van der Waals surface area contributed by atoms with Gasteiger partial charge >= 0.3 is 0 Å². The Kier molecular flexibility index (Phi) is 5.55. The molecule has 0 aliphatic heterocycles. The van der Waals surface area contributed by atoms with Gasteiger partial charge in [-0.1, -0.05) is 29.8 Å². The molecule has 0 saturated heterocycles. The highest BCUT2D eigenvalue weighted by molar-refractivity contribution is 7.13. The molecule has 0 unspecified atom stereocenters. The molecule has 1 aromatic heterocycles. The maximum atomic E-state index is 11.9. The van der Waals surface area contributed by atoms with E-state index in [-0.39, 0.29) is 0 Å². The number of nitrogens with two attached hydrogens (primary N) is 1. The summed E-state index contributed by atoms with van der Waals surface area (Å²) in [5.74, 6) is -0.458. The van der Waals surface area contributed by atoms with E-state index < -0.39 is 12.0 Å². The highest BCUT2D eigenvalue weighted by Gasteiger charge is 2.18. The second-order valence-corrected chi connectivity index (χ2v) is 5.79. The van der Waals surface area contributed by atoms with Gasteiger partial charge in [0, 0.05) is 22.5 Å². The first-order valence-corrected chi connectivity index (χ1v) is 7.74. The number of halogens is 1. The Balaban J connectivity index is 1.78. The lowest BCUT2D eigenvalue weighted by Gasteiger charge is -2.12. The number of thiazole rings is 1. The number of carbonyl (C=O) groups is 1. The fraction of sp³-hybridized carbons (Fsp3) is 0.286. The molecule has 2 aromatic rings. The van der Waals surface area contributed by atoms with Crippen molar-refractivity contribution in [3.63, 3.8) is 0 Å². The number of carbonyl (C=O) groups excluding carboxylic acids is 1. The average Bonchev–Trinajstić information content (AvgIpc) is 2.89. The van der Waals surface area contributed by atoms with Crippen molar-refractivity contribution in [2.24, 2.45) is 0 Å². The molecule has 21 heavy (non-hydrogen) atoms. The molecule has 1 aromatic carbocycles. The number of aliphatic hydroxyl groups excluding tert-OH is 1. The Labute approximate surface area is 131 Å². The van der Waals surface area contributed by atoms with Crippen molar-refractivity contribution in [3.8, 4) is 0 Å². The summed E-state index contributed by atoms with van der Waals surface area (Å²) in [5.41, 5.74) is 6.86. The normalized spacial score (nSPS) is 12.1. The lowest BCUT2D eigenvalue weighted by molar-refractivity contribution is -0.129. The molecule has 2 rings (SSSR count). The van der Waals surface area contributed by atoms with Crippen molar-refractivity contribution in [2.45, 2.75) is 18.9 Å². The topological polar surface area (TPSA) is 88.2 Å². The Morgan fingerprint density at radius 3 is 2.90 bits per heavy atom. The molecule has 1 amide bonds. The highest BCUT2D eigenvalue weighted by atomic mass is 35.5. The Bertz CT molecular complexity index is 618. The van der Waals surface area contributed by atoms with Crippen LogP contribution in [0.4, 0.5) is 5.13 Å². The van der Waals surface area contributed by atoms with Crippen LogP contribution in [0.5, 0.6) is 0 Å². The third-order valence-corrected chi connectivity index (χ3v) is 3.99. The van der Waals surface area contributed by atoms with E-state index in [1.807, 2.05) is 5.38 Å². The van der Waals surface area contributed by atoms with Gasteiger partial charge in [-0.15, -0.1) is 11.3 Å². The van der Waals surface area contributed by atoms with E-state index in [1.165, 1.54) is 11.3 Å². The number of nitrogen functional groups attached to an aromatic ring is 1. The molecule has 0 aliphatic rings. The number of nitrogens with zero attached hydrogens (tertiary/aromatic N) is 1. The standard InChI is InChI=1S/C14H16ClN3O2S/c15-11-6-2-1-5-10(11)12(19)13(20)17-7-3-4-9-8-21-14(16)18-9/h1-2,5-6,8,12,19H,3-4,7H2,(H2,16,18)(H,17,20)/t12-/m1/s1. The third-order valence-electron chi connectivity index (χ3n) is 2.93. The molecule has 1 heterocycles. The number of aromatic nitrogens is 1. The molecule has 0 aliphatic carbocycles. The molecule has 112 valence electrons. The van der Waals surface area contributed by atoms with Crippen LogP contribution in [0.15, 0.2) is 29.6 Å². The van der Waals surface area contributed by atoms with E-state index in [4.69, 9.17) is 17.3 Å². The highest BCUT2D eigenvalue weighted by Crippen LogP contribution is 2.22. The molecular weight excluding hydrogens is 310 g/mol. The molecule has 0 spiro atoms. The van der Waals surface area contributed by atoms with Crippen molar-refractivity contribution in [1.82, 2.24) is 10.3 Å². The summed E-state index contributed by atoms with van der Waals surface area (Å²) < 4.78 is 0. The van der Waals surface area contributed by atoms with Crippen LogP contribution in [0, 0.1) is 0 Å². The van der Waals surface area contributed by atoms with E-state index >= 15 is 0 Å². The summed E-state index contributed by atoms with van der Waals surface area (Å²) in [6.45, 7) is 0.456. The molecule has 0 saturated carbocycles. The smallest absolute Gasteiger partial charge is 0.253 e. The van der Waals surface area contributed by atoms with Crippen LogP contribution >= 0.6 is 22.9 Å². The summed E-state index contributed by atoms with van der Waals surface area (Å²) in [6.07, 6.45) is 0.203. The lowest BCUT2D eigenvalue weighted by atomic mass is 10.1. The number of aryl methyl sites for hydroxylation is 1. The van der Waals surface area contributed by atoms with Gasteiger partial charge in [-0.3, -0.25) is 4.79 Å². The minimum absolute atomic E-state index is 0.373. The van der Waals surface area contributed by atoms with Gasteiger partial charge in [0.15, 0.2) is 11.2 Å². The van der Waals surface area contributed by atoms with Gasteiger partial charge in [0.05, 0.1) is 5.69 Å². The summed E-state index contributed by atoms with van der Waals surface area (Å²) in [4.78, 5) is 16.0. The second-order valence-electron chi connectivity index (χ2n) is 4.50. The Morgan fingerprint density at radius 1 is 1.48 bits per heavy atom. The van der Waals surface area contributed by atoms with Crippen LogP contribution in [-0.4, -0.2) is 22.5 Å². The Hall–Kier alpha value is -1.63. The quantitative estimate of drug-likeness (QED) is 0.710. The zero-order valence-electron chi connectivity index (χ0n) is 11.3. The van der Waals surface area contributed by atoms with Crippen LogP contribution in [0.2, 0.25) is 5.02 Å². The molecule has 0 radical (unpaired) electrons. The fourth-order valence-electron chi connectivity index (χ4n) is 1.85. The van der Waals surface area contributed by atoms with Crippen LogP contribution in [-0.2, 0) is 11.2 Å². The van der Waals surface area contributed by atoms with Gasteiger partial charge in [0.2, 0.25) is 0 Å². The molecule has 0 fully saturated rings. The van der Waals surface area contributed by atoms with E-state index in [0.29, 0.717) is 22.3 Å². The first-order valence-electron chi connectivity index (χ1n) is 6.48. The van der Waals surface area contributed by atoms with Crippen molar-refractivity contribution in [1.29, 1.82) is 0 Å². The zero-order chi connectivity index (χ0) is 15.2. The van der Waals surface area contributed by atoms with Gasteiger partial charge in [-0.25, -0.2) is 4.98 Å². The molecule has 5 nitrogen and oxygen atoms in total. The van der Waals surface area contributed by atoms with Crippen molar-refractivity contribution >= 4 is 34.0 Å². The second kappa shape index (κ2) is 7.40. The van der Waals surface area contributed by atoms with Crippen molar-refractivity contribution in [2.75, 3.05) is 12.3 Å². The maximum Gasteiger partial charge on any atom is 0.253 e. The van der Waals surface area contributed by atoms with E-state index in [9.17, 15) is 9.90 Å². The van der Waals surface area contributed by atoms with Crippen molar-refractivity contribution < 1.29 is 9.90 Å². The number of hydrogen-bond acceptors (Lipinski definition) is 5. The first-order chi connectivity index (χ1) is 10.1. The van der Waals surface area contributed by atoms with Gasteiger partial charge in [-0.2, -0.15) is 0 Å². The lowest BCUT2D eigenvalue weighted by Crippen LogP contribution is -2.30. The predicted molar refractivity (Wildman–Crippen MR) is 84.3 cm³/mol. The average molecular weight is 326 g/mol. The number of hydrogen-bond donors (Lipinski definition) is 3. The van der Waals surface area contributed by atoms with Gasteiger partial charge in [0.1, 0.15) is 0 Å². The summed E-state index contributed by atoms with van der Waals surface area (Å²) in [6, 6.07) is 6.74. The number of amides is 1. The SMILES string of the molecule is Nc1nc(CCCNC(=O)[C@H](O)c2ccccc2Cl)cs1. The molecule has 4 N–H and O–H groups in total. The molecule has 0 bridgehead atoms. The van der Waals surface area contributed by atoms with Crippen LogP contribution in [0.3, 0.4) is 0 Å². The first kappa shape index (κ1) is 15.8. The summed E-state index contributed by atoms with van der Waals surface area (Å²) in [7, 11) is 0. The Morgan fingerprint density at radius 2 is 2.24 bits per heavy atom. The minimum atomic E-state index is -1.26. The number of nitrogens with one attached hydrogen (secondary N) is 1. The fourth-order valence-corrected chi connectivity index (χ4v) is 2.69. The largest absolute Gasteiger partial charge is 0.378 e. The summed E-state index contributed by atoms with van der Waals surface area (Å²) >= 11 is 7.35. The number of rotatable bonds is 6. The number of anilines is 1. The van der Waals surface area contributed by atoms with Crippen molar-refractivity contribution in [3.05, 3.63) is 45.9 Å². The van der Waals surface area contributed by atoms with Crippen LogP contribution in [0.1, 0.15) is 23.8 Å². The van der Waals surface area contributed by atoms with E-state index in [2.05, 4.69) is 10.3 Å². The molecule has 1 atom stereocenters. The maximum absolute atomic E-state index is 11.9. The number of benzene rings is 1. The van der Waals surface area contributed by atoms with Crippen LogP contribution < -0.4 is 11.1 Å². The van der Waals surface area contributed by atoms with Crippen LogP contribution in [0.25, 0.3) is 0 Å². The van der Waals surface area contributed by atoms with Gasteiger partial charge in [-0.05, 0) is 18.9 Å². The third kappa shape index (κ3) is 4.42. The van der Waals surface area contributed by atoms with E-state index in [1.54, 1.807) is 24.3 Å². The number of aliphatic hydroxyl groups is 1. The monoisotopic (exact) mass is 325 g/mol. The van der Waals surface area contributed by atoms with Gasteiger partial charge < -0.3 is 16.2 Å². The minimum Gasteiger partial charge on any atom is -0.378 e. The van der Waals surface area contributed by atoms with Gasteiger partial charge in [0.25, 0.3) is 5.91 Å². The zero-order valence-corrected chi connectivity index (χ0v) is 12.8. The molecular formula is C14H16ClN3O2S. The predicted octanol–water partition coefficient (Wildman–Crippen LogP) is 2.16. The van der Waals surface area contributed by atoms with E-state index in [0.717, 1.165) is 18.5 Å². The summed E-state index contributed by atoms with van der Waals surface area (Å²) in [5, 5.41) is 15.5.